The van der Waals surface area contributed by atoms with E-state index >= 15 is 4.39 Å². The first kappa shape index (κ1) is 18.1. The second-order valence-electron chi connectivity index (χ2n) is 8.86. The normalized spacial score (nSPS) is 13.1. The Kier molecular flexibility index (Phi) is 4.25. The summed E-state index contributed by atoms with van der Waals surface area (Å²) in [4.78, 5) is 0. The van der Waals surface area contributed by atoms with Crippen molar-refractivity contribution < 1.29 is 17.5 Å². The minimum absolute atomic E-state index is 0.197. The van der Waals surface area contributed by atoms with E-state index in [0.717, 1.165) is 27.9 Å². The van der Waals surface area contributed by atoms with Crippen molar-refractivity contribution in [3.63, 3.8) is 0 Å². The molecule has 2 heterocycles. The van der Waals surface area contributed by atoms with Crippen LogP contribution in [0.25, 0.3) is 55.4 Å². The number of halogens is 1. The van der Waals surface area contributed by atoms with Gasteiger partial charge in [0.15, 0.2) is 6.20 Å². The molecule has 0 radical (unpaired) electrons. The molecule has 0 N–H and O–H groups in total. The van der Waals surface area contributed by atoms with Crippen LogP contribution in [0.4, 0.5) is 4.39 Å². The lowest BCUT2D eigenvalue weighted by molar-refractivity contribution is -0.660. The Hall–Kier alpha value is -4.24. The molecule has 0 saturated heterocycles. The van der Waals surface area contributed by atoms with E-state index in [9.17, 15) is 0 Å². The summed E-state index contributed by atoms with van der Waals surface area (Å²) >= 11 is 0. The number of aromatic nitrogens is 1. The van der Waals surface area contributed by atoms with Crippen LogP contribution in [0.15, 0.2) is 102 Å². The zero-order chi connectivity index (χ0) is 26.6. The van der Waals surface area contributed by atoms with E-state index in [1.165, 1.54) is 6.07 Å². The Labute approximate surface area is 208 Å². The lowest BCUT2D eigenvalue weighted by Crippen LogP contribution is -2.30. The van der Waals surface area contributed by atoms with Crippen molar-refractivity contribution in [2.75, 3.05) is 0 Å². The van der Waals surface area contributed by atoms with Gasteiger partial charge in [0.05, 0.1) is 11.1 Å². The number of hydrogen-bond acceptors (Lipinski definition) is 1. The van der Waals surface area contributed by atoms with Gasteiger partial charge in [-0.05, 0) is 59.8 Å². The van der Waals surface area contributed by atoms with Crippen LogP contribution >= 0.6 is 0 Å². The predicted molar refractivity (Wildman–Crippen MR) is 141 cm³/mol. The van der Waals surface area contributed by atoms with Gasteiger partial charge in [-0.3, -0.25) is 0 Å². The van der Waals surface area contributed by atoms with Gasteiger partial charge in [0.1, 0.15) is 24.0 Å². The number of pyridine rings is 1. The summed E-state index contributed by atoms with van der Waals surface area (Å²) < 4.78 is 48.7. The van der Waals surface area contributed by atoms with Crippen LogP contribution in [0.1, 0.15) is 15.2 Å². The van der Waals surface area contributed by atoms with Gasteiger partial charge in [0.25, 0.3) is 0 Å². The van der Waals surface area contributed by atoms with Crippen LogP contribution in [0, 0.1) is 19.6 Å². The number of nitrogens with zero attached hydrogens (tertiary/aromatic N) is 1. The lowest BCUT2D eigenvalue weighted by Gasteiger charge is -2.07. The molecule has 0 aliphatic rings. The fourth-order valence-electron chi connectivity index (χ4n) is 4.95. The minimum atomic E-state index is -2.37. The Morgan fingerprint density at radius 2 is 1.46 bits per heavy atom. The van der Waals surface area contributed by atoms with Gasteiger partial charge in [-0.15, -0.1) is 0 Å². The highest BCUT2D eigenvalue weighted by atomic mass is 19.1. The summed E-state index contributed by atoms with van der Waals surface area (Å²) in [7, 11) is 1.93. The fourth-order valence-corrected chi connectivity index (χ4v) is 4.95. The molecule has 3 heteroatoms. The summed E-state index contributed by atoms with van der Waals surface area (Å²) in [5.41, 5.74) is 6.48. The standard InChI is InChI=1S/C32H25FNO/c1-20-19-21(2)29(27-11-7-8-18-34(27)3)32-28(20)25-16-17-26(33)30(31(25)35-32)24-14-12-23(13-15-24)22-9-5-4-6-10-22/h4-19H,1-3H3/q+1/i1D3. The number of rotatable bonds is 3. The number of benzene rings is 4. The zero-order valence-corrected chi connectivity index (χ0v) is 19.5. The van der Waals surface area contributed by atoms with Crippen molar-refractivity contribution in [2.24, 2.45) is 7.05 Å². The van der Waals surface area contributed by atoms with Crippen molar-refractivity contribution in [1.82, 2.24) is 0 Å². The van der Waals surface area contributed by atoms with Gasteiger partial charge < -0.3 is 4.42 Å². The molecule has 2 nitrogen and oxygen atoms in total. The summed E-state index contributed by atoms with van der Waals surface area (Å²) in [6.07, 6.45) is 1.93. The van der Waals surface area contributed by atoms with E-state index < -0.39 is 12.7 Å². The lowest BCUT2D eigenvalue weighted by atomic mass is 9.95. The first-order valence-electron chi connectivity index (χ1n) is 13.0. The van der Waals surface area contributed by atoms with E-state index in [4.69, 9.17) is 8.53 Å². The molecule has 0 atom stereocenters. The van der Waals surface area contributed by atoms with E-state index in [0.29, 0.717) is 33.1 Å². The Morgan fingerprint density at radius 1 is 0.743 bits per heavy atom. The van der Waals surface area contributed by atoms with Gasteiger partial charge in [-0.1, -0.05) is 60.7 Å². The molecule has 0 amide bonds. The third kappa shape index (κ3) is 3.43. The van der Waals surface area contributed by atoms with Gasteiger partial charge in [-0.25, -0.2) is 8.96 Å². The van der Waals surface area contributed by atoms with Gasteiger partial charge in [0, 0.05) is 27.0 Å². The van der Waals surface area contributed by atoms with Gasteiger partial charge in [-0.2, -0.15) is 0 Å². The smallest absolute Gasteiger partial charge is 0.216 e. The first-order chi connectivity index (χ1) is 18.2. The average molecular weight is 462 g/mol. The third-order valence-electron chi connectivity index (χ3n) is 6.65. The molecule has 0 saturated carbocycles. The van der Waals surface area contributed by atoms with E-state index in [1.54, 1.807) is 12.1 Å². The molecule has 0 fully saturated rings. The quantitative estimate of drug-likeness (QED) is 0.243. The van der Waals surface area contributed by atoms with Crippen molar-refractivity contribution >= 4 is 21.9 Å². The van der Waals surface area contributed by atoms with Crippen molar-refractivity contribution in [3.05, 3.63) is 114 Å². The summed E-state index contributed by atoms with van der Waals surface area (Å²) in [5, 5.41) is 1.07. The van der Waals surface area contributed by atoms with Crippen molar-refractivity contribution in [1.29, 1.82) is 0 Å². The largest absolute Gasteiger partial charge is 0.454 e. The highest BCUT2D eigenvalue weighted by Gasteiger charge is 2.24. The first-order valence-corrected chi connectivity index (χ1v) is 11.5. The molecule has 6 rings (SSSR count). The zero-order valence-electron chi connectivity index (χ0n) is 22.5. The van der Waals surface area contributed by atoms with E-state index in [1.807, 2.05) is 97.5 Å². The van der Waals surface area contributed by atoms with Crippen LogP contribution in [0.5, 0.6) is 0 Å². The van der Waals surface area contributed by atoms with E-state index in [2.05, 4.69) is 0 Å². The molecule has 4 aromatic carbocycles. The molecule has 0 bridgehead atoms. The molecular weight excluding hydrogens is 433 g/mol. The minimum Gasteiger partial charge on any atom is -0.454 e. The monoisotopic (exact) mass is 461 g/mol. The second kappa shape index (κ2) is 8.21. The molecule has 6 aromatic rings. The summed E-state index contributed by atoms with van der Waals surface area (Å²) in [6, 6.07) is 28.2. The molecular formula is C32H25FNO+. The SMILES string of the molecule is [2H]C([2H])([2H])c1cc(C)c(-c2cccc[n+]2C)c2oc3c(-c4ccc(-c5ccccc5)cc4)c(F)ccc3c12. The molecule has 170 valence electrons. The summed E-state index contributed by atoms with van der Waals surface area (Å²) in [5.74, 6) is -0.428. The molecule has 0 spiro atoms. The Morgan fingerprint density at radius 3 is 2.20 bits per heavy atom. The van der Waals surface area contributed by atoms with E-state index in [-0.39, 0.29) is 5.56 Å². The van der Waals surface area contributed by atoms with Crippen LogP contribution < -0.4 is 4.57 Å². The van der Waals surface area contributed by atoms with Crippen molar-refractivity contribution in [3.8, 4) is 33.5 Å². The highest BCUT2D eigenvalue weighted by molar-refractivity contribution is 6.14. The third-order valence-corrected chi connectivity index (χ3v) is 6.65. The maximum Gasteiger partial charge on any atom is 0.216 e. The number of fused-ring (bicyclic) bond motifs is 3. The average Bonchev–Trinajstić information content (AvgIpc) is 3.28. The number of hydrogen-bond donors (Lipinski definition) is 0. The topological polar surface area (TPSA) is 17.0 Å². The van der Waals surface area contributed by atoms with Gasteiger partial charge in [0.2, 0.25) is 5.69 Å². The maximum absolute atomic E-state index is 15.5. The van der Waals surface area contributed by atoms with Gasteiger partial charge >= 0.3 is 0 Å². The molecule has 0 aliphatic heterocycles. The van der Waals surface area contributed by atoms with Crippen LogP contribution in [-0.4, -0.2) is 0 Å². The fraction of sp³-hybridized carbons (Fsp3) is 0.0938. The van der Waals surface area contributed by atoms with Crippen molar-refractivity contribution in [2.45, 2.75) is 13.8 Å². The maximum atomic E-state index is 15.5. The Balaban J connectivity index is 1.67. The molecule has 35 heavy (non-hydrogen) atoms. The molecule has 0 unspecified atom stereocenters. The number of aryl methyl sites for hydroxylation is 3. The Bertz CT molecular complexity index is 1820. The van der Waals surface area contributed by atoms with Crippen LogP contribution in [0.3, 0.4) is 0 Å². The summed E-state index contributed by atoms with van der Waals surface area (Å²) in [6.45, 7) is -0.489. The molecule has 2 aromatic heterocycles. The second-order valence-corrected chi connectivity index (χ2v) is 8.86. The van der Waals surface area contributed by atoms with Crippen LogP contribution in [-0.2, 0) is 7.05 Å². The molecule has 0 aliphatic carbocycles. The predicted octanol–water partition coefficient (Wildman–Crippen LogP) is 8.17. The number of furan rings is 1. The van der Waals surface area contributed by atoms with Crippen LogP contribution in [0.2, 0.25) is 0 Å². The highest BCUT2D eigenvalue weighted by Crippen LogP contribution is 2.43.